The number of hydrogen-bond acceptors (Lipinski definition) is 2. The minimum atomic E-state index is -0.119. The lowest BCUT2D eigenvalue weighted by Crippen LogP contribution is -2.07. The molecule has 0 atom stereocenters. The first-order valence-corrected chi connectivity index (χ1v) is 5.78. The molecule has 0 unspecified atom stereocenters. The summed E-state index contributed by atoms with van der Waals surface area (Å²) in [6.07, 6.45) is 0. The number of benzene rings is 1. The number of aryl methyl sites for hydroxylation is 2. The van der Waals surface area contributed by atoms with Crippen molar-refractivity contribution in [3.8, 4) is 0 Å². The van der Waals surface area contributed by atoms with Gasteiger partial charge in [-0.25, -0.2) is 0 Å². The number of hydrogen-bond donors (Lipinski definition) is 0. The predicted octanol–water partition coefficient (Wildman–Crippen LogP) is 4.95. The smallest absolute Gasteiger partial charge is 0.0911 e. The molecular formula is C12H17BrN2. The van der Waals surface area contributed by atoms with E-state index in [2.05, 4.69) is 52.1 Å². The number of halogens is 1. The van der Waals surface area contributed by atoms with Crippen molar-refractivity contribution in [2.24, 2.45) is 10.2 Å². The average molecular weight is 269 g/mol. The Kier molecular flexibility index (Phi) is 3.66. The third-order valence-corrected chi connectivity index (χ3v) is 2.36. The lowest BCUT2D eigenvalue weighted by molar-refractivity contribution is 0.552. The van der Waals surface area contributed by atoms with Crippen LogP contribution in [0.15, 0.2) is 26.8 Å². The van der Waals surface area contributed by atoms with E-state index in [-0.39, 0.29) is 5.54 Å². The van der Waals surface area contributed by atoms with Crippen molar-refractivity contribution in [3.63, 3.8) is 0 Å². The molecule has 0 bridgehead atoms. The third kappa shape index (κ3) is 3.74. The van der Waals surface area contributed by atoms with E-state index in [9.17, 15) is 0 Å². The van der Waals surface area contributed by atoms with E-state index in [0.29, 0.717) is 0 Å². The summed E-state index contributed by atoms with van der Waals surface area (Å²) in [4.78, 5) is 0. The molecule has 3 heteroatoms. The van der Waals surface area contributed by atoms with Crippen molar-refractivity contribution in [1.29, 1.82) is 0 Å². The molecule has 0 aliphatic carbocycles. The van der Waals surface area contributed by atoms with Crippen LogP contribution in [0.2, 0.25) is 0 Å². The van der Waals surface area contributed by atoms with E-state index in [1.165, 1.54) is 0 Å². The topological polar surface area (TPSA) is 24.7 Å². The zero-order valence-corrected chi connectivity index (χ0v) is 11.5. The monoisotopic (exact) mass is 268 g/mol. The minimum Gasteiger partial charge on any atom is -0.183 e. The van der Waals surface area contributed by atoms with E-state index in [0.717, 1.165) is 21.3 Å². The fourth-order valence-corrected chi connectivity index (χ4v) is 1.95. The molecule has 0 saturated carbocycles. The van der Waals surface area contributed by atoms with E-state index in [1.54, 1.807) is 0 Å². The second kappa shape index (κ2) is 4.44. The summed E-state index contributed by atoms with van der Waals surface area (Å²) in [7, 11) is 0. The SMILES string of the molecule is Cc1cc(Br)cc(C)c1N=NC(C)(C)C. The van der Waals surface area contributed by atoms with Gasteiger partial charge < -0.3 is 0 Å². The molecule has 1 rings (SSSR count). The van der Waals surface area contributed by atoms with Crippen LogP contribution in [0.3, 0.4) is 0 Å². The van der Waals surface area contributed by atoms with E-state index >= 15 is 0 Å². The van der Waals surface area contributed by atoms with Gasteiger partial charge in [-0.2, -0.15) is 10.2 Å². The van der Waals surface area contributed by atoms with Gasteiger partial charge in [-0.05, 0) is 57.9 Å². The molecule has 82 valence electrons. The number of rotatable bonds is 1. The van der Waals surface area contributed by atoms with Crippen molar-refractivity contribution in [3.05, 3.63) is 27.7 Å². The second-order valence-electron chi connectivity index (χ2n) is 4.76. The van der Waals surface area contributed by atoms with Crippen LogP contribution in [0.25, 0.3) is 0 Å². The molecule has 0 fully saturated rings. The molecule has 0 radical (unpaired) electrons. The molecule has 15 heavy (non-hydrogen) atoms. The van der Waals surface area contributed by atoms with Crippen LogP contribution in [0, 0.1) is 13.8 Å². The highest BCUT2D eigenvalue weighted by molar-refractivity contribution is 9.10. The molecule has 0 heterocycles. The van der Waals surface area contributed by atoms with Crippen LogP contribution < -0.4 is 0 Å². The molecule has 0 saturated heterocycles. The summed E-state index contributed by atoms with van der Waals surface area (Å²) < 4.78 is 1.09. The maximum Gasteiger partial charge on any atom is 0.0911 e. The summed E-state index contributed by atoms with van der Waals surface area (Å²) in [6.45, 7) is 10.2. The Labute approximate surface area is 99.9 Å². The fourth-order valence-electron chi connectivity index (χ4n) is 1.26. The van der Waals surface area contributed by atoms with Gasteiger partial charge in [-0.3, -0.25) is 0 Å². The molecule has 0 spiro atoms. The first-order valence-electron chi connectivity index (χ1n) is 4.99. The molecular weight excluding hydrogens is 252 g/mol. The van der Waals surface area contributed by atoms with Crippen molar-refractivity contribution in [2.45, 2.75) is 40.2 Å². The van der Waals surface area contributed by atoms with Crippen LogP contribution in [0.5, 0.6) is 0 Å². The van der Waals surface area contributed by atoms with Crippen molar-refractivity contribution < 1.29 is 0 Å². The Morgan fingerprint density at radius 3 is 1.93 bits per heavy atom. The van der Waals surface area contributed by atoms with Crippen LogP contribution in [-0.2, 0) is 0 Å². The zero-order chi connectivity index (χ0) is 11.6. The van der Waals surface area contributed by atoms with Gasteiger partial charge in [0.2, 0.25) is 0 Å². The van der Waals surface area contributed by atoms with Crippen molar-refractivity contribution in [1.82, 2.24) is 0 Å². The summed E-state index contributed by atoms with van der Waals surface area (Å²) >= 11 is 3.47. The van der Waals surface area contributed by atoms with Gasteiger partial charge >= 0.3 is 0 Å². The fraction of sp³-hybridized carbons (Fsp3) is 0.500. The zero-order valence-electron chi connectivity index (χ0n) is 9.93. The van der Waals surface area contributed by atoms with Gasteiger partial charge in [0.05, 0.1) is 11.2 Å². The van der Waals surface area contributed by atoms with Gasteiger partial charge in [0, 0.05) is 4.47 Å². The molecule has 0 amide bonds. The Hall–Kier alpha value is -0.700. The molecule has 1 aromatic carbocycles. The van der Waals surface area contributed by atoms with Crippen LogP contribution in [0.1, 0.15) is 31.9 Å². The van der Waals surface area contributed by atoms with Crippen molar-refractivity contribution in [2.75, 3.05) is 0 Å². The second-order valence-corrected chi connectivity index (χ2v) is 5.67. The maximum absolute atomic E-state index is 4.32. The highest BCUT2D eigenvalue weighted by Crippen LogP contribution is 2.28. The maximum atomic E-state index is 4.32. The van der Waals surface area contributed by atoms with Crippen LogP contribution >= 0.6 is 15.9 Å². The van der Waals surface area contributed by atoms with Gasteiger partial charge in [0.25, 0.3) is 0 Å². The Morgan fingerprint density at radius 1 is 1.07 bits per heavy atom. The predicted molar refractivity (Wildman–Crippen MR) is 67.9 cm³/mol. The third-order valence-electron chi connectivity index (χ3n) is 1.91. The molecule has 0 N–H and O–H groups in total. The standard InChI is InChI=1S/C12H17BrN2/c1-8-6-10(13)7-9(2)11(8)14-15-12(3,4)5/h6-7H,1-5H3. The largest absolute Gasteiger partial charge is 0.183 e. The molecule has 0 aliphatic heterocycles. The van der Waals surface area contributed by atoms with Crippen LogP contribution in [0.4, 0.5) is 5.69 Å². The number of nitrogens with zero attached hydrogens (tertiary/aromatic N) is 2. The number of azo groups is 1. The normalized spacial score (nSPS) is 12.4. The van der Waals surface area contributed by atoms with Crippen molar-refractivity contribution >= 4 is 21.6 Å². The van der Waals surface area contributed by atoms with E-state index < -0.39 is 0 Å². The first kappa shape index (κ1) is 12.4. The average Bonchev–Trinajstić information content (AvgIpc) is 1.99. The van der Waals surface area contributed by atoms with Gasteiger partial charge in [-0.15, -0.1) is 0 Å². The Bertz CT molecular complexity index is 366. The lowest BCUT2D eigenvalue weighted by Gasteiger charge is -2.11. The lowest BCUT2D eigenvalue weighted by atomic mass is 10.1. The van der Waals surface area contributed by atoms with E-state index in [1.807, 2.05) is 20.8 Å². The molecule has 0 aliphatic rings. The van der Waals surface area contributed by atoms with Gasteiger partial charge in [0.1, 0.15) is 0 Å². The van der Waals surface area contributed by atoms with Crippen LogP contribution in [-0.4, -0.2) is 5.54 Å². The minimum absolute atomic E-state index is 0.119. The van der Waals surface area contributed by atoms with Gasteiger partial charge in [0.15, 0.2) is 0 Å². The summed E-state index contributed by atoms with van der Waals surface area (Å²) in [5, 5.41) is 8.61. The summed E-state index contributed by atoms with van der Waals surface area (Å²) in [5.74, 6) is 0. The Balaban J connectivity index is 3.11. The Morgan fingerprint density at radius 2 is 1.53 bits per heavy atom. The summed E-state index contributed by atoms with van der Waals surface area (Å²) in [5.41, 5.74) is 3.16. The quantitative estimate of drug-likeness (QED) is 0.644. The molecule has 0 aromatic heterocycles. The molecule has 2 nitrogen and oxygen atoms in total. The van der Waals surface area contributed by atoms with E-state index in [4.69, 9.17) is 0 Å². The molecule has 1 aromatic rings. The summed E-state index contributed by atoms with van der Waals surface area (Å²) in [6, 6.07) is 4.12. The van der Waals surface area contributed by atoms with Gasteiger partial charge in [-0.1, -0.05) is 15.9 Å². The first-order chi connectivity index (χ1) is 6.79. The highest BCUT2D eigenvalue weighted by atomic mass is 79.9. The highest BCUT2D eigenvalue weighted by Gasteiger charge is 2.08.